The molecule has 2 heteroatoms. The van der Waals surface area contributed by atoms with Gasteiger partial charge in [-0.15, -0.1) is 0 Å². The highest BCUT2D eigenvalue weighted by atomic mass is 16.5. The van der Waals surface area contributed by atoms with Gasteiger partial charge in [-0.25, -0.2) is 4.79 Å². The summed E-state index contributed by atoms with van der Waals surface area (Å²) < 4.78 is 5.18. The van der Waals surface area contributed by atoms with Crippen molar-refractivity contribution >= 4 is 5.97 Å². The lowest BCUT2D eigenvalue weighted by Crippen LogP contribution is -2.07. The molecule has 0 aromatic heterocycles. The Hall–Kier alpha value is -2.09. The molecule has 0 unspecified atom stereocenters. The van der Waals surface area contributed by atoms with Crippen LogP contribution in [-0.4, -0.2) is 12.6 Å². The molecule has 1 radical (unpaired) electrons. The van der Waals surface area contributed by atoms with E-state index in [0.717, 1.165) is 12.0 Å². The van der Waals surface area contributed by atoms with Gasteiger partial charge in [0.2, 0.25) is 0 Å². The first-order valence-electron chi connectivity index (χ1n) is 5.53. The highest BCUT2D eigenvalue weighted by molar-refractivity contribution is 5.89. The third kappa shape index (κ3) is 3.45. The highest BCUT2D eigenvalue weighted by Crippen LogP contribution is 2.03. The van der Waals surface area contributed by atoms with Gasteiger partial charge in [-0.1, -0.05) is 42.5 Å². The molecule has 0 bridgehead atoms. The molecule has 2 rings (SSSR count). The van der Waals surface area contributed by atoms with Crippen molar-refractivity contribution < 1.29 is 9.53 Å². The van der Waals surface area contributed by atoms with E-state index in [1.165, 1.54) is 0 Å². The van der Waals surface area contributed by atoms with Crippen LogP contribution < -0.4 is 0 Å². The standard InChI is InChI=1S/C15H13O2/c16-15(14-9-5-2-6-10-14)17-12-11-13-7-3-1-4-8-13/h1-3,5-10H,11-12H2. The summed E-state index contributed by atoms with van der Waals surface area (Å²) in [4.78, 5) is 11.6. The van der Waals surface area contributed by atoms with E-state index in [9.17, 15) is 4.79 Å². The maximum Gasteiger partial charge on any atom is 0.338 e. The number of benzene rings is 2. The van der Waals surface area contributed by atoms with E-state index in [1.807, 2.05) is 42.5 Å². The molecule has 0 aliphatic carbocycles. The molecular formula is C15H13O2. The molecule has 0 heterocycles. The van der Waals surface area contributed by atoms with E-state index in [2.05, 4.69) is 6.07 Å². The minimum Gasteiger partial charge on any atom is -0.462 e. The number of hydrogen-bond acceptors (Lipinski definition) is 2. The van der Waals surface area contributed by atoms with Gasteiger partial charge in [0.25, 0.3) is 0 Å². The molecule has 0 aliphatic rings. The van der Waals surface area contributed by atoms with Crippen LogP contribution in [0.15, 0.2) is 54.6 Å². The van der Waals surface area contributed by atoms with Gasteiger partial charge in [0.1, 0.15) is 0 Å². The number of carbonyl (C=O) groups is 1. The van der Waals surface area contributed by atoms with Crippen LogP contribution in [0.5, 0.6) is 0 Å². The van der Waals surface area contributed by atoms with Crippen molar-refractivity contribution in [3.05, 3.63) is 71.8 Å². The Balaban J connectivity index is 1.82. The molecule has 0 spiro atoms. The fourth-order valence-corrected chi connectivity index (χ4v) is 1.51. The Labute approximate surface area is 101 Å². The van der Waals surface area contributed by atoms with Crippen molar-refractivity contribution in [2.45, 2.75) is 6.42 Å². The predicted octanol–water partition coefficient (Wildman–Crippen LogP) is 2.89. The molecule has 2 aromatic rings. The van der Waals surface area contributed by atoms with E-state index >= 15 is 0 Å². The van der Waals surface area contributed by atoms with Gasteiger partial charge in [0, 0.05) is 6.42 Å². The molecular weight excluding hydrogens is 212 g/mol. The fraction of sp³-hybridized carbons (Fsp3) is 0.133. The van der Waals surface area contributed by atoms with E-state index < -0.39 is 0 Å². The Morgan fingerprint density at radius 1 is 1.12 bits per heavy atom. The zero-order chi connectivity index (χ0) is 11.9. The molecule has 0 saturated carbocycles. The lowest BCUT2D eigenvalue weighted by atomic mass is 10.2. The van der Waals surface area contributed by atoms with E-state index in [4.69, 9.17) is 4.74 Å². The number of ether oxygens (including phenoxy) is 1. The van der Waals surface area contributed by atoms with Crippen LogP contribution in [-0.2, 0) is 11.2 Å². The monoisotopic (exact) mass is 225 g/mol. The van der Waals surface area contributed by atoms with E-state index in [-0.39, 0.29) is 5.97 Å². The van der Waals surface area contributed by atoms with Gasteiger partial charge in [-0.2, -0.15) is 0 Å². The summed E-state index contributed by atoms with van der Waals surface area (Å²) in [5.74, 6) is -0.273. The van der Waals surface area contributed by atoms with Crippen LogP contribution in [0, 0.1) is 6.07 Å². The average molecular weight is 225 g/mol. The van der Waals surface area contributed by atoms with Crippen molar-refractivity contribution in [2.24, 2.45) is 0 Å². The zero-order valence-electron chi connectivity index (χ0n) is 9.43. The normalized spacial score (nSPS) is 9.88. The summed E-state index contributed by atoms with van der Waals surface area (Å²) >= 11 is 0. The summed E-state index contributed by atoms with van der Waals surface area (Å²) in [6.45, 7) is 0.394. The van der Waals surface area contributed by atoms with Crippen LogP contribution in [0.2, 0.25) is 0 Å². The van der Waals surface area contributed by atoms with Gasteiger partial charge in [0.15, 0.2) is 0 Å². The molecule has 17 heavy (non-hydrogen) atoms. The van der Waals surface area contributed by atoms with E-state index in [1.54, 1.807) is 12.1 Å². The second-order valence-electron chi connectivity index (χ2n) is 3.66. The quantitative estimate of drug-likeness (QED) is 0.748. The number of esters is 1. The maximum absolute atomic E-state index is 11.6. The van der Waals surface area contributed by atoms with Crippen LogP contribution in [0.4, 0.5) is 0 Å². The number of carbonyl (C=O) groups excluding carboxylic acids is 1. The van der Waals surface area contributed by atoms with Gasteiger partial charge in [-0.05, 0) is 23.8 Å². The van der Waals surface area contributed by atoms with Crippen LogP contribution in [0.25, 0.3) is 0 Å². The lowest BCUT2D eigenvalue weighted by molar-refractivity contribution is 0.0509. The molecule has 2 nitrogen and oxygen atoms in total. The Bertz CT molecular complexity index is 463. The SMILES string of the molecule is O=C(OCCc1c[c]ccc1)c1ccccc1. The molecule has 2 aromatic carbocycles. The van der Waals surface area contributed by atoms with Crippen molar-refractivity contribution in [2.75, 3.05) is 6.61 Å². The van der Waals surface area contributed by atoms with Gasteiger partial charge in [0.05, 0.1) is 12.2 Å². The van der Waals surface area contributed by atoms with Crippen molar-refractivity contribution in [3.63, 3.8) is 0 Å². The average Bonchev–Trinajstić information content (AvgIpc) is 2.41. The summed E-state index contributed by atoms with van der Waals surface area (Å²) in [7, 11) is 0. The third-order valence-electron chi connectivity index (χ3n) is 2.40. The topological polar surface area (TPSA) is 26.3 Å². The third-order valence-corrected chi connectivity index (χ3v) is 2.40. The summed E-state index contributed by atoms with van der Waals surface area (Å²) in [6, 6.07) is 19.7. The van der Waals surface area contributed by atoms with Crippen molar-refractivity contribution in [1.82, 2.24) is 0 Å². The maximum atomic E-state index is 11.6. The zero-order valence-corrected chi connectivity index (χ0v) is 9.43. The van der Waals surface area contributed by atoms with E-state index in [0.29, 0.717) is 12.2 Å². The second kappa shape index (κ2) is 5.85. The van der Waals surface area contributed by atoms with Crippen LogP contribution >= 0.6 is 0 Å². The van der Waals surface area contributed by atoms with Gasteiger partial charge in [-0.3, -0.25) is 0 Å². The predicted molar refractivity (Wildman–Crippen MR) is 65.7 cm³/mol. The fourth-order valence-electron chi connectivity index (χ4n) is 1.51. The molecule has 0 aliphatic heterocycles. The largest absolute Gasteiger partial charge is 0.462 e. The van der Waals surface area contributed by atoms with Gasteiger partial charge >= 0.3 is 5.97 Å². The molecule has 0 N–H and O–H groups in total. The summed E-state index contributed by atoms with van der Waals surface area (Å²) in [6.07, 6.45) is 0.718. The summed E-state index contributed by atoms with van der Waals surface area (Å²) in [5, 5.41) is 0. The Morgan fingerprint density at radius 3 is 2.65 bits per heavy atom. The number of rotatable bonds is 4. The minimum atomic E-state index is -0.273. The first-order valence-corrected chi connectivity index (χ1v) is 5.53. The lowest BCUT2D eigenvalue weighted by Gasteiger charge is -2.04. The Kier molecular flexibility index (Phi) is 3.92. The Morgan fingerprint density at radius 2 is 1.94 bits per heavy atom. The van der Waals surface area contributed by atoms with Gasteiger partial charge < -0.3 is 4.74 Å². The summed E-state index contributed by atoms with van der Waals surface area (Å²) in [5.41, 5.74) is 1.71. The molecule has 0 saturated heterocycles. The molecule has 0 atom stereocenters. The second-order valence-corrected chi connectivity index (χ2v) is 3.66. The first kappa shape index (κ1) is 11.4. The van der Waals surface area contributed by atoms with Crippen LogP contribution in [0.1, 0.15) is 15.9 Å². The number of hydrogen-bond donors (Lipinski definition) is 0. The molecule has 0 fully saturated rings. The van der Waals surface area contributed by atoms with Crippen molar-refractivity contribution in [3.8, 4) is 0 Å². The highest BCUT2D eigenvalue weighted by Gasteiger charge is 2.05. The van der Waals surface area contributed by atoms with Crippen LogP contribution in [0.3, 0.4) is 0 Å². The first-order chi connectivity index (χ1) is 8.36. The van der Waals surface area contributed by atoms with Crippen molar-refractivity contribution in [1.29, 1.82) is 0 Å². The molecule has 85 valence electrons. The smallest absolute Gasteiger partial charge is 0.338 e. The minimum absolute atomic E-state index is 0.273. The molecule has 0 amide bonds.